The van der Waals surface area contributed by atoms with Crippen molar-refractivity contribution in [3.63, 3.8) is 0 Å². The van der Waals surface area contributed by atoms with Crippen LogP contribution in [-0.4, -0.2) is 41.1 Å². The fourth-order valence-corrected chi connectivity index (χ4v) is 2.84. The van der Waals surface area contributed by atoms with Crippen LogP contribution in [0, 0.1) is 0 Å². The Morgan fingerprint density at radius 3 is 2.79 bits per heavy atom. The fourth-order valence-electron chi connectivity index (χ4n) is 1.71. The number of rotatable bonds is 3. The molecule has 1 aliphatic heterocycles. The van der Waals surface area contributed by atoms with Gasteiger partial charge in [0.15, 0.2) is 0 Å². The highest BCUT2D eigenvalue weighted by Crippen LogP contribution is 2.30. The van der Waals surface area contributed by atoms with Crippen molar-refractivity contribution < 1.29 is 0 Å². The Balaban J connectivity index is 2.35. The van der Waals surface area contributed by atoms with E-state index >= 15 is 0 Å². The van der Waals surface area contributed by atoms with Crippen LogP contribution in [0.5, 0.6) is 0 Å². The third kappa shape index (κ3) is 4.20. The second-order valence-electron chi connectivity index (χ2n) is 4.83. The highest BCUT2D eigenvalue weighted by molar-refractivity contribution is 8.00. The quantitative estimate of drug-likeness (QED) is 0.782. The molecule has 0 radical (unpaired) electrons. The van der Waals surface area contributed by atoms with Crippen LogP contribution in [0.4, 0.5) is 0 Å². The lowest BCUT2D eigenvalue weighted by Crippen LogP contribution is -2.38. The molecule has 0 aromatic heterocycles. The minimum atomic E-state index is 0.362. The Bertz CT molecular complexity index is 171. The molecule has 0 saturated carbocycles. The average Bonchev–Trinajstić information content (AvgIpc) is 2.28. The number of nitrogens with zero attached hydrogens (tertiary/aromatic N) is 1. The van der Waals surface area contributed by atoms with Crippen LogP contribution in [0.25, 0.3) is 0 Å². The molecule has 0 amide bonds. The van der Waals surface area contributed by atoms with Crippen LogP contribution in [0.15, 0.2) is 0 Å². The van der Waals surface area contributed by atoms with Gasteiger partial charge in [0.25, 0.3) is 0 Å². The molecule has 84 valence electrons. The van der Waals surface area contributed by atoms with Crippen LogP contribution < -0.4 is 5.73 Å². The van der Waals surface area contributed by atoms with Gasteiger partial charge >= 0.3 is 0 Å². The van der Waals surface area contributed by atoms with Crippen LogP contribution in [0.3, 0.4) is 0 Å². The Morgan fingerprint density at radius 2 is 2.14 bits per heavy atom. The summed E-state index contributed by atoms with van der Waals surface area (Å²) in [4.78, 5) is 2.52. The van der Waals surface area contributed by atoms with Crippen molar-refractivity contribution in [3.8, 4) is 0 Å². The van der Waals surface area contributed by atoms with Crippen LogP contribution in [0.2, 0.25) is 0 Å². The molecule has 0 bridgehead atoms. The first-order valence-electron chi connectivity index (χ1n) is 5.65. The summed E-state index contributed by atoms with van der Waals surface area (Å²) < 4.78 is 0.463. The van der Waals surface area contributed by atoms with E-state index in [4.69, 9.17) is 5.73 Å². The molecular weight excluding hydrogens is 192 g/mol. The van der Waals surface area contributed by atoms with Gasteiger partial charge in [0.1, 0.15) is 0 Å². The van der Waals surface area contributed by atoms with E-state index in [1.54, 1.807) is 0 Å². The van der Waals surface area contributed by atoms with Gasteiger partial charge in [-0.25, -0.2) is 0 Å². The molecular formula is C11H24N2S. The van der Waals surface area contributed by atoms with Gasteiger partial charge in [0.05, 0.1) is 0 Å². The van der Waals surface area contributed by atoms with E-state index in [2.05, 4.69) is 37.4 Å². The fraction of sp³-hybridized carbons (Fsp3) is 1.00. The maximum absolute atomic E-state index is 5.97. The van der Waals surface area contributed by atoms with Gasteiger partial charge in [0, 0.05) is 29.6 Å². The lowest BCUT2D eigenvalue weighted by molar-refractivity contribution is 0.264. The van der Waals surface area contributed by atoms with Crippen LogP contribution >= 0.6 is 11.8 Å². The molecule has 1 saturated heterocycles. The molecule has 14 heavy (non-hydrogen) atoms. The third-order valence-electron chi connectivity index (χ3n) is 2.95. The van der Waals surface area contributed by atoms with Gasteiger partial charge < -0.3 is 10.6 Å². The van der Waals surface area contributed by atoms with Crippen LogP contribution in [0.1, 0.15) is 33.6 Å². The van der Waals surface area contributed by atoms with Crippen molar-refractivity contribution in [3.05, 3.63) is 0 Å². The van der Waals surface area contributed by atoms with Gasteiger partial charge in [0.2, 0.25) is 0 Å². The average molecular weight is 216 g/mol. The first-order valence-corrected chi connectivity index (χ1v) is 6.64. The smallest absolute Gasteiger partial charge is 0.0165 e. The molecule has 1 rings (SSSR count). The van der Waals surface area contributed by atoms with E-state index in [0.717, 1.165) is 13.0 Å². The lowest BCUT2D eigenvalue weighted by Gasteiger charge is -2.24. The Labute approximate surface area is 92.6 Å². The standard InChI is InChI=1S/C11H24N2S/c1-4-10(12)9-13-6-5-11(2,3)14-8-7-13/h10H,4-9,12H2,1-3H3/t10-/m1/s1. The van der Waals surface area contributed by atoms with E-state index in [-0.39, 0.29) is 0 Å². The summed E-state index contributed by atoms with van der Waals surface area (Å²) in [6.45, 7) is 10.4. The zero-order chi connectivity index (χ0) is 10.6. The summed E-state index contributed by atoms with van der Waals surface area (Å²) >= 11 is 2.10. The molecule has 0 spiro atoms. The molecule has 2 nitrogen and oxygen atoms in total. The molecule has 1 atom stereocenters. The highest BCUT2D eigenvalue weighted by atomic mass is 32.2. The SMILES string of the molecule is CC[C@@H](N)CN1CCSC(C)(C)CC1. The van der Waals surface area contributed by atoms with Crippen molar-refractivity contribution in [1.29, 1.82) is 0 Å². The molecule has 2 N–H and O–H groups in total. The van der Waals surface area contributed by atoms with Gasteiger partial charge in [-0.1, -0.05) is 20.8 Å². The molecule has 0 unspecified atom stereocenters. The van der Waals surface area contributed by atoms with Crippen molar-refractivity contribution in [2.24, 2.45) is 5.73 Å². The summed E-state index contributed by atoms with van der Waals surface area (Å²) in [5.41, 5.74) is 5.97. The van der Waals surface area contributed by atoms with Crippen molar-refractivity contribution in [2.45, 2.75) is 44.4 Å². The zero-order valence-electron chi connectivity index (χ0n) is 9.75. The molecule has 1 aliphatic rings. The monoisotopic (exact) mass is 216 g/mol. The Kier molecular flexibility index (Phi) is 4.74. The predicted octanol–water partition coefficient (Wildman–Crippen LogP) is 1.94. The highest BCUT2D eigenvalue weighted by Gasteiger charge is 2.23. The van der Waals surface area contributed by atoms with Crippen molar-refractivity contribution in [1.82, 2.24) is 4.90 Å². The van der Waals surface area contributed by atoms with E-state index in [0.29, 0.717) is 10.8 Å². The number of nitrogens with two attached hydrogens (primary N) is 1. The van der Waals surface area contributed by atoms with Gasteiger partial charge in [-0.2, -0.15) is 11.8 Å². The summed E-state index contributed by atoms with van der Waals surface area (Å²) in [6, 6.07) is 0.362. The van der Waals surface area contributed by atoms with Gasteiger partial charge in [-0.15, -0.1) is 0 Å². The molecule has 0 aromatic carbocycles. The maximum Gasteiger partial charge on any atom is 0.0165 e. The molecule has 3 heteroatoms. The predicted molar refractivity (Wildman–Crippen MR) is 65.9 cm³/mol. The first kappa shape index (κ1) is 12.3. The summed E-state index contributed by atoms with van der Waals surface area (Å²) in [5, 5.41) is 0. The Morgan fingerprint density at radius 1 is 1.43 bits per heavy atom. The lowest BCUT2D eigenvalue weighted by atomic mass is 10.1. The topological polar surface area (TPSA) is 29.3 Å². The van der Waals surface area contributed by atoms with Crippen LogP contribution in [-0.2, 0) is 0 Å². The largest absolute Gasteiger partial charge is 0.327 e. The molecule has 1 fully saturated rings. The number of hydrogen-bond donors (Lipinski definition) is 1. The summed E-state index contributed by atoms with van der Waals surface area (Å²) in [6.07, 6.45) is 2.38. The number of thioether (sulfide) groups is 1. The van der Waals surface area contributed by atoms with Gasteiger partial charge in [-0.05, 0) is 19.4 Å². The second kappa shape index (κ2) is 5.38. The van der Waals surface area contributed by atoms with Crippen molar-refractivity contribution >= 4 is 11.8 Å². The first-order chi connectivity index (χ1) is 6.53. The molecule has 1 heterocycles. The minimum Gasteiger partial charge on any atom is -0.327 e. The third-order valence-corrected chi connectivity index (χ3v) is 4.32. The Hall–Kier alpha value is 0.270. The van der Waals surface area contributed by atoms with Crippen molar-refractivity contribution in [2.75, 3.05) is 25.4 Å². The van der Waals surface area contributed by atoms with Gasteiger partial charge in [-0.3, -0.25) is 0 Å². The molecule has 0 aromatic rings. The number of hydrogen-bond acceptors (Lipinski definition) is 3. The zero-order valence-corrected chi connectivity index (χ0v) is 10.6. The normalized spacial score (nSPS) is 25.7. The summed E-state index contributed by atoms with van der Waals surface area (Å²) in [7, 11) is 0. The maximum atomic E-state index is 5.97. The summed E-state index contributed by atoms with van der Waals surface area (Å²) in [5.74, 6) is 1.25. The van der Waals surface area contributed by atoms with E-state index in [9.17, 15) is 0 Å². The second-order valence-corrected chi connectivity index (χ2v) is 6.63. The molecule has 0 aliphatic carbocycles. The van der Waals surface area contributed by atoms with E-state index in [1.165, 1.54) is 25.3 Å². The van der Waals surface area contributed by atoms with E-state index < -0.39 is 0 Å². The van der Waals surface area contributed by atoms with E-state index in [1.807, 2.05) is 0 Å². The minimum absolute atomic E-state index is 0.362.